The molecule has 3 rings (SSSR count). The van der Waals surface area contributed by atoms with E-state index in [9.17, 15) is 18.0 Å². The molecule has 0 bridgehead atoms. The van der Waals surface area contributed by atoms with Gasteiger partial charge in [0.2, 0.25) is 0 Å². The van der Waals surface area contributed by atoms with Gasteiger partial charge in [0.05, 0.1) is 10.6 Å². The number of hydrogen-bond donors (Lipinski definition) is 3. The molecule has 0 radical (unpaired) electrons. The minimum absolute atomic E-state index is 0.0510. The second kappa shape index (κ2) is 8.54. The quantitative estimate of drug-likeness (QED) is 0.450. The number of anilines is 4. The Bertz CT molecular complexity index is 1030. The van der Waals surface area contributed by atoms with Crippen LogP contribution in [-0.4, -0.2) is 16.2 Å². The van der Waals surface area contributed by atoms with Gasteiger partial charge in [0.1, 0.15) is 0 Å². The van der Waals surface area contributed by atoms with E-state index in [-0.39, 0.29) is 10.8 Å². The number of carbonyl (C=O) groups excluding carboxylic acids is 1. The second-order valence-electron chi connectivity index (χ2n) is 5.72. The largest absolute Gasteiger partial charge is 0.417 e. The van der Waals surface area contributed by atoms with Gasteiger partial charge in [-0.05, 0) is 48.5 Å². The molecular formula is C18H12Cl2F3N5O. The molecular weight excluding hydrogens is 430 g/mol. The van der Waals surface area contributed by atoms with E-state index in [1.807, 2.05) is 0 Å². The maximum Gasteiger partial charge on any atom is 0.417 e. The van der Waals surface area contributed by atoms with Crippen LogP contribution in [0.15, 0.2) is 54.6 Å². The molecule has 1 heterocycles. The molecule has 0 aliphatic carbocycles. The first kappa shape index (κ1) is 20.7. The van der Waals surface area contributed by atoms with Crippen LogP contribution in [0.3, 0.4) is 0 Å². The molecule has 1 aromatic heterocycles. The van der Waals surface area contributed by atoms with Crippen LogP contribution in [0.4, 0.5) is 40.8 Å². The van der Waals surface area contributed by atoms with E-state index in [0.717, 1.165) is 12.1 Å². The summed E-state index contributed by atoms with van der Waals surface area (Å²) in [5, 5.41) is 15.2. The Morgan fingerprint density at radius 1 is 0.862 bits per heavy atom. The van der Waals surface area contributed by atoms with Crippen molar-refractivity contribution >= 4 is 52.1 Å². The Balaban J connectivity index is 1.67. The van der Waals surface area contributed by atoms with E-state index in [0.29, 0.717) is 17.2 Å². The normalized spacial score (nSPS) is 11.1. The standard InChI is InChI=1S/C18H12Cl2F3N5O/c19-14-5-4-12(9-13(14)18(21,22)23)26-17(29)25-11-3-1-2-10(8-11)24-16-7-6-15(20)27-28-16/h1-9H,(H,24,28)(H2,25,26,29). The highest BCUT2D eigenvalue weighted by Crippen LogP contribution is 2.36. The van der Waals surface area contributed by atoms with Gasteiger partial charge in [-0.2, -0.15) is 13.2 Å². The van der Waals surface area contributed by atoms with Crippen LogP contribution in [0.1, 0.15) is 5.56 Å². The summed E-state index contributed by atoms with van der Waals surface area (Å²) in [6, 6.07) is 12.2. The van der Waals surface area contributed by atoms with Crippen molar-refractivity contribution in [3.8, 4) is 0 Å². The molecule has 3 aromatic rings. The molecule has 0 atom stereocenters. The minimum atomic E-state index is -4.63. The lowest BCUT2D eigenvalue weighted by molar-refractivity contribution is -0.137. The zero-order valence-corrected chi connectivity index (χ0v) is 15.9. The van der Waals surface area contributed by atoms with Gasteiger partial charge in [-0.1, -0.05) is 29.3 Å². The fourth-order valence-corrected chi connectivity index (χ4v) is 2.64. The maximum absolute atomic E-state index is 12.9. The molecule has 0 fully saturated rings. The number of hydrogen-bond acceptors (Lipinski definition) is 4. The fraction of sp³-hybridized carbons (Fsp3) is 0.0556. The van der Waals surface area contributed by atoms with E-state index >= 15 is 0 Å². The highest BCUT2D eigenvalue weighted by molar-refractivity contribution is 6.31. The number of nitrogens with zero attached hydrogens (tertiary/aromatic N) is 2. The van der Waals surface area contributed by atoms with Crippen LogP contribution < -0.4 is 16.0 Å². The lowest BCUT2D eigenvalue weighted by Gasteiger charge is -2.13. The van der Waals surface area contributed by atoms with Crippen molar-refractivity contribution in [1.29, 1.82) is 0 Å². The predicted molar refractivity (Wildman–Crippen MR) is 106 cm³/mol. The summed E-state index contributed by atoms with van der Waals surface area (Å²) in [5.74, 6) is 0.442. The van der Waals surface area contributed by atoms with E-state index < -0.39 is 22.8 Å². The summed E-state index contributed by atoms with van der Waals surface area (Å²) >= 11 is 11.2. The Morgan fingerprint density at radius 2 is 1.55 bits per heavy atom. The third-order valence-corrected chi connectivity index (χ3v) is 4.09. The van der Waals surface area contributed by atoms with Crippen LogP contribution in [-0.2, 0) is 6.18 Å². The third-order valence-electron chi connectivity index (χ3n) is 3.55. The van der Waals surface area contributed by atoms with Crippen molar-refractivity contribution in [3.63, 3.8) is 0 Å². The Kier molecular flexibility index (Phi) is 6.09. The predicted octanol–water partition coefficient (Wildman–Crippen LogP) is 6.19. The zero-order valence-electron chi connectivity index (χ0n) is 14.4. The molecule has 0 aliphatic rings. The smallest absolute Gasteiger partial charge is 0.339 e. The molecule has 0 saturated heterocycles. The molecule has 6 nitrogen and oxygen atoms in total. The number of nitrogens with one attached hydrogen (secondary N) is 3. The first-order chi connectivity index (χ1) is 13.7. The Labute approximate surface area is 173 Å². The fourth-order valence-electron chi connectivity index (χ4n) is 2.32. The summed E-state index contributed by atoms with van der Waals surface area (Å²) in [6.07, 6.45) is -4.63. The SMILES string of the molecule is O=C(Nc1cccc(Nc2ccc(Cl)nn2)c1)Nc1ccc(Cl)c(C(F)(F)F)c1. The Morgan fingerprint density at radius 3 is 2.21 bits per heavy atom. The van der Waals surface area contributed by atoms with E-state index in [4.69, 9.17) is 23.2 Å². The third kappa shape index (κ3) is 5.72. The number of benzene rings is 2. The number of rotatable bonds is 4. The van der Waals surface area contributed by atoms with Gasteiger partial charge in [-0.3, -0.25) is 0 Å². The summed E-state index contributed by atoms with van der Waals surface area (Å²) < 4.78 is 38.8. The molecule has 29 heavy (non-hydrogen) atoms. The van der Waals surface area contributed by atoms with E-state index in [1.165, 1.54) is 6.07 Å². The van der Waals surface area contributed by atoms with Crippen LogP contribution in [0.25, 0.3) is 0 Å². The van der Waals surface area contributed by atoms with Crippen LogP contribution >= 0.6 is 23.2 Å². The van der Waals surface area contributed by atoms with Crippen LogP contribution in [0, 0.1) is 0 Å². The van der Waals surface area contributed by atoms with Crippen LogP contribution in [0.5, 0.6) is 0 Å². The Hall–Kier alpha value is -3.04. The summed E-state index contributed by atoms with van der Waals surface area (Å²) in [6.45, 7) is 0. The van der Waals surface area contributed by atoms with Gasteiger partial charge in [-0.15, -0.1) is 10.2 Å². The van der Waals surface area contributed by atoms with Gasteiger partial charge < -0.3 is 16.0 Å². The number of amides is 2. The molecule has 2 amide bonds. The highest BCUT2D eigenvalue weighted by atomic mass is 35.5. The monoisotopic (exact) mass is 441 g/mol. The van der Waals surface area contributed by atoms with Crippen molar-refractivity contribution in [2.24, 2.45) is 0 Å². The average Bonchev–Trinajstić information content (AvgIpc) is 2.64. The molecule has 0 unspecified atom stereocenters. The number of aromatic nitrogens is 2. The number of halogens is 5. The number of alkyl halides is 3. The average molecular weight is 442 g/mol. The minimum Gasteiger partial charge on any atom is -0.339 e. The zero-order chi connectivity index (χ0) is 21.0. The van der Waals surface area contributed by atoms with Gasteiger partial charge in [0, 0.05) is 17.1 Å². The van der Waals surface area contributed by atoms with Gasteiger partial charge in [0.25, 0.3) is 0 Å². The second-order valence-corrected chi connectivity index (χ2v) is 6.51. The molecule has 2 aromatic carbocycles. The topological polar surface area (TPSA) is 78.9 Å². The van der Waals surface area contributed by atoms with Gasteiger partial charge in [-0.25, -0.2) is 4.79 Å². The maximum atomic E-state index is 12.9. The van der Waals surface area contributed by atoms with Crippen molar-refractivity contribution in [2.75, 3.05) is 16.0 Å². The lowest BCUT2D eigenvalue weighted by Crippen LogP contribution is -2.20. The van der Waals surface area contributed by atoms with Crippen molar-refractivity contribution in [3.05, 3.63) is 70.3 Å². The van der Waals surface area contributed by atoms with Crippen molar-refractivity contribution in [1.82, 2.24) is 10.2 Å². The number of carbonyl (C=O) groups is 1. The lowest BCUT2D eigenvalue weighted by atomic mass is 10.2. The van der Waals surface area contributed by atoms with Crippen molar-refractivity contribution < 1.29 is 18.0 Å². The molecule has 0 saturated carbocycles. The molecule has 0 spiro atoms. The molecule has 3 N–H and O–H groups in total. The van der Waals surface area contributed by atoms with Gasteiger partial charge in [0.15, 0.2) is 11.0 Å². The molecule has 11 heteroatoms. The van der Waals surface area contributed by atoms with Gasteiger partial charge >= 0.3 is 12.2 Å². The molecule has 0 aliphatic heterocycles. The van der Waals surface area contributed by atoms with E-state index in [2.05, 4.69) is 26.1 Å². The molecule has 150 valence electrons. The summed E-state index contributed by atoms with van der Waals surface area (Å²) in [7, 11) is 0. The highest BCUT2D eigenvalue weighted by Gasteiger charge is 2.33. The summed E-state index contributed by atoms with van der Waals surface area (Å²) in [4.78, 5) is 12.1. The van der Waals surface area contributed by atoms with Crippen molar-refractivity contribution in [2.45, 2.75) is 6.18 Å². The van der Waals surface area contributed by atoms with E-state index in [1.54, 1.807) is 36.4 Å². The number of urea groups is 1. The van der Waals surface area contributed by atoms with Crippen LogP contribution in [0.2, 0.25) is 10.2 Å². The first-order valence-electron chi connectivity index (χ1n) is 8.02. The first-order valence-corrected chi connectivity index (χ1v) is 8.77. The summed E-state index contributed by atoms with van der Waals surface area (Å²) in [5.41, 5.74) is -0.0816.